The number of benzene rings is 3. The summed E-state index contributed by atoms with van der Waals surface area (Å²) in [4.78, 5) is 0. The van der Waals surface area contributed by atoms with Gasteiger partial charge in [-0.05, 0) is 42.3 Å². The van der Waals surface area contributed by atoms with Gasteiger partial charge in [-0.1, -0.05) is 60.1 Å². The monoisotopic (exact) mass is 350 g/mol. The number of nitrogens with zero attached hydrogens (tertiary/aromatic N) is 1. The maximum atomic E-state index is 6.12. The third-order valence-electron chi connectivity index (χ3n) is 3.73. The van der Waals surface area contributed by atoms with Gasteiger partial charge in [-0.25, -0.2) is 0 Å². The molecule has 0 radical (unpaired) electrons. The fourth-order valence-corrected chi connectivity index (χ4v) is 2.47. The standard InChI is InChI=1S/C21H19ClN2O/c1-16-11-12-19(13-20(16)22)24-23-14-18-9-5-6-10-21(18)25-15-17-7-3-2-4-8-17/h2-14,24H,15H2,1H3/b23-14+. The van der Waals surface area contributed by atoms with E-state index in [-0.39, 0.29) is 0 Å². The highest BCUT2D eigenvalue weighted by atomic mass is 35.5. The topological polar surface area (TPSA) is 33.6 Å². The minimum absolute atomic E-state index is 0.521. The summed E-state index contributed by atoms with van der Waals surface area (Å²) in [7, 11) is 0. The molecule has 0 aliphatic carbocycles. The van der Waals surface area contributed by atoms with Crippen molar-refractivity contribution in [1.29, 1.82) is 0 Å². The Kier molecular flexibility index (Phi) is 5.70. The van der Waals surface area contributed by atoms with Crippen LogP contribution >= 0.6 is 11.6 Å². The Labute approximate surface area is 152 Å². The first kappa shape index (κ1) is 17.1. The van der Waals surface area contributed by atoms with E-state index in [9.17, 15) is 0 Å². The van der Waals surface area contributed by atoms with E-state index in [2.05, 4.69) is 10.5 Å². The molecule has 0 aliphatic rings. The van der Waals surface area contributed by atoms with Crippen LogP contribution in [-0.2, 0) is 6.61 Å². The van der Waals surface area contributed by atoms with Crippen molar-refractivity contribution < 1.29 is 4.74 Å². The third kappa shape index (κ3) is 4.85. The zero-order chi connectivity index (χ0) is 17.5. The number of hydrazone groups is 1. The summed E-state index contributed by atoms with van der Waals surface area (Å²) in [6.07, 6.45) is 1.74. The van der Waals surface area contributed by atoms with Crippen LogP contribution in [0.1, 0.15) is 16.7 Å². The van der Waals surface area contributed by atoms with Crippen molar-refractivity contribution in [2.45, 2.75) is 13.5 Å². The predicted molar refractivity (Wildman–Crippen MR) is 105 cm³/mol. The lowest BCUT2D eigenvalue weighted by atomic mass is 10.2. The van der Waals surface area contributed by atoms with Gasteiger partial charge in [0.15, 0.2) is 0 Å². The van der Waals surface area contributed by atoms with Gasteiger partial charge in [-0.3, -0.25) is 5.43 Å². The summed E-state index contributed by atoms with van der Waals surface area (Å²) in [5, 5.41) is 5.00. The van der Waals surface area contributed by atoms with Crippen molar-refractivity contribution in [3.63, 3.8) is 0 Å². The van der Waals surface area contributed by atoms with Crippen LogP contribution in [0.4, 0.5) is 5.69 Å². The molecular formula is C21H19ClN2O. The van der Waals surface area contributed by atoms with Gasteiger partial charge in [-0.2, -0.15) is 5.10 Å². The zero-order valence-electron chi connectivity index (χ0n) is 13.9. The van der Waals surface area contributed by atoms with Crippen molar-refractivity contribution in [2.24, 2.45) is 5.10 Å². The fraction of sp³-hybridized carbons (Fsp3) is 0.0952. The van der Waals surface area contributed by atoms with E-state index in [0.29, 0.717) is 11.6 Å². The maximum Gasteiger partial charge on any atom is 0.128 e. The van der Waals surface area contributed by atoms with Crippen molar-refractivity contribution in [3.05, 3.63) is 94.5 Å². The van der Waals surface area contributed by atoms with Gasteiger partial charge < -0.3 is 4.74 Å². The SMILES string of the molecule is Cc1ccc(N/N=C/c2ccccc2OCc2ccccc2)cc1Cl. The predicted octanol–water partition coefficient (Wildman–Crippen LogP) is 5.67. The van der Waals surface area contributed by atoms with E-state index < -0.39 is 0 Å². The molecular weight excluding hydrogens is 332 g/mol. The van der Waals surface area contributed by atoms with Crippen LogP contribution in [0.15, 0.2) is 77.9 Å². The normalized spacial score (nSPS) is 10.8. The van der Waals surface area contributed by atoms with Gasteiger partial charge in [0, 0.05) is 10.6 Å². The fourth-order valence-electron chi connectivity index (χ4n) is 2.29. The van der Waals surface area contributed by atoms with Gasteiger partial charge in [0.2, 0.25) is 0 Å². The summed E-state index contributed by atoms with van der Waals surface area (Å²) >= 11 is 6.12. The van der Waals surface area contributed by atoms with Crippen LogP contribution in [0.25, 0.3) is 0 Å². The summed E-state index contributed by atoms with van der Waals surface area (Å²) in [5.41, 5.74) is 6.90. The summed E-state index contributed by atoms with van der Waals surface area (Å²) in [5.74, 6) is 0.791. The van der Waals surface area contributed by atoms with E-state index >= 15 is 0 Å². The molecule has 3 aromatic carbocycles. The van der Waals surface area contributed by atoms with Gasteiger partial charge >= 0.3 is 0 Å². The average Bonchev–Trinajstić information content (AvgIpc) is 2.65. The van der Waals surface area contributed by atoms with Crippen LogP contribution < -0.4 is 10.2 Å². The number of nitrogens with one attached hydrogen (secondary N) is 1. The number of anilines is 1. The van der Waals surface area contributed by atoms with Gasteiger partial charge in [0.25, 0.3) is 0 Å². The first-order chi connectivity index (χ1) is 12.2. The van der Waals surface area contributed by atoms with Crippen molar-refractivity contribution in [2.75, 3.05) is 5.43 Å². The van der Waals surface area contributed by atoms with Gasteiger partial charge in [0.05, 0.1) is 11.9 Å². The quantitative estimate of drug-likeness (QED) is 0.458. The molecule has 0 aromatic heterocycles. The molecule has 0 unspecified atom stereocenters. The smallest absolute Gasteiger partial charge is 0.128 e. The van der Waals surface area contributed by atoms with Crippen LogP contribution in [0.3, 0.4) is 0 Å². The second-order valence-corrected chi connectivity index (χ2v) is 6.05. The van der Waals surface area contributed by atoms with Crippen LogP contribution in [-0.4, -0.2) is 6.21 Å². The number of para-hydroxylation sites is 1. The molecule has 0 saturated carbocycles. The Balaban J connectivity index is 1.66. The lowest BCUT2D eigenvalue weighted by molar-refractivity contribution is 0.306. The molecule has 0 spiro atoms. The van der Waals surface area contributed by atoms with Crippen LogP contribution in [0.5, 0.6) is 5.75 Å². The third-order valence-corrected chi connectivity index (χ3v) is 4.13. The molecule has 0 aliphatic heterocycles. The Hall–Kier alpha value is -2.78. The molecule has 0 atom stereocenters. The molecule has 1 N–H and O–H groups in total. The first-order valence-electron chi connectivity index (χ1n) is 8.03. The van der Waals surface area contributed by atoms with Crippen molar-refractivity contribution in [3.8, 4) is 5.75 Å². The number of hydrogen-bond donors (Lipinski definition) is 1. The molecule has 3 nitrogen and oxygen atoms in total. The molecule has 0 fully saturated rings. The molecule has 0 heterocycles. The minimum atomic E-state index is 0.521. The molecule has 3 aromatic rings. The summed E-state index contributed by atoms with van der Waals surface area (Å²) < 4.78 is 5.92. The molecule has 126 valence electrons. The van der Waals surface area contributed by atoms with Gasteiger partial charge in [0.1, 0.15) is 12.4 Å². The van der Waals surface area contributed by atoms with Gasteiger partial charge in [-0.15, -0.1) is 0 Å². The zero-order valence-corrected chi connectivity index (χ0v) is 14.7. The highest BCUT2D eigenvalue weighted by Gasteiger charge is 2.01. The second-order valence-electron chi connectivity index (χ2n) is 5.65. The van der Waals surface area contributed by atoms with E-state index in [1.807, 2.05) is 79.7 Å². The average molecular weight is 351 g/mol. The number of ether oxygens (including phenoxy) is 1. The Bertz CT molecular complexity index is 863. The highest BCUT2D eigenvalue weighted by Crippen LogP contribution is 2.20. The first-order valence-corrected chi connectivity index (χ1v) is 8.41. The Morgan fingerprint density at radius 2 is 1.76 bits per heavy atom. The number of hydrogen-bond acceptors (Lipinski definition) is 3. The largest absolute Gasteiger partial charge is 0.488 e. The Morgan fingerprint density at radius 1 is 1.00 bits per heavy atom. The number of aryl methyl sites for hydroxylation is 1. The molecule has 25 heavy (non-hydrogen) atoms. The molecule has 4 heteroatoms. The van der Waals surface area contributed by atoms with E-state index in [1.165, 1.54) is 0 Å². The minimum Gasteiger partial charge on any atom is -0.488 e. The number of halogens is 1. The van der Waals surface area contributed by atoms with Crippen molar-refractivity contribution in [1.82, 2.24) is 0 Å². The molecule has 3 rings (SSSR count). The van der Waals surface area contributed by atoms with Crippen molar-refractivity contribution >= 4 is 23.5 Å². The molecule has 0 bridgehead atoms. The van der Waals surface area contributed by atoms with Crippen LogP contribution in [0, 0.1) is 6.92 Å². The highest BCUT2D eigenvalue weighted by molar-refractivity contribution is 6.31. The maximum absolute atomic E-state index is 6.12. The van der Waals surface area contributed by atoms with Crippen LogP contribution in [0.2, 0.25) is 5.02 Å². The second kappa shape index (κ2) is 8.36. The number of rotatable bonds is 6. The summed E-state index contributed by atoms with van der Waals surface area (Å²) in [6.45, 7) is 2.49. The lowest BCUT2D eigenvalue weighted by Gasteiger charge is -2.09. The summed E-state index contributed by atoms with van der Waals surface area (Å²) in [6, 6.07) is 23.6. The molecule has 0 amide bonds. The van der Waals surface area contributed by atoms with E-state index in [1.54, 1.807) is 6.21 Å². The lowest BCUT2D eigenvalue weighted by Crippen LogP contribution is -1.99. The van der Waals surface area contributed by atoms with E-state index in [4.69, 9.17) is 16.3 Å². The Morgan fingerprint density at radius 3 is 2.56 bits per heavy atom. The molecule has 0 saturated heterocycles. The van der Waals surface area contributed by atoms with E-state index in [0.717, 1.165) is 28.1 Å².